The monoisotopic (exact) mass is 215 g/mol. The van der Waals surface area contributed by atoms with Crippen LogP contribution in [0.3, 0.4) is 0 Å². The van der Waals surface area contributed by atoms with E-state index in [0.717, 1.165) is 32.6 Å². The molecule has 0 aromatic heterocycles. The second-order valence-corrected chi connectivity index (χ2v) is 4.58. The molecule has 1 unspecified atom stereocenters. The highest BCUT2D eigenvalue weighted by Gasteiger charge is 2.22. The lowest BCUT2D eigenvalue weighted by molar-refractivity contribution is 0.0954. The van der Waals surface area contributed by atoms with E-state index in [1.54, 1.807) is 0 Å². The zero-order valence-electron chi connectivity index (χ0n) is 9.20. The fourth-order valence-corrected chi connectivity index (χ4v) is 2.01. The number of nitrogens with zero attached hydrogens (tertiary/aromatic N) is 2. The number of rotatable bonds is 4. The molecule has 3 nitrogen and oxygen atoms in total. The van der Waals surface area contributed by atoms with Crippen molar-refractivity contribution in [1.29, 1.82) is 0 Å². The summed E-state index contributed by atoms with van der Waals surface area (Å²) in [6, 6.07) is 0.704. The Morgan fingerprint density at radius 2 is 2.21 bits per heavy atom. The second kappa shape index (κ2) is 5.63. The van der Waals surface area contributed by atoms with Gasteiger partial charge in [0.2, 0.25) is 0 Å². The molecular weight excluding hydrogens is 194 g/mol. The van der Waals surface area contributed by atoms with E-state index in [4.69, 9.17) is 18.0 Å². The van der Waals surface area contributed by atoms with Gasteiger partial charge in [0, 0.05) is 38.6 Å². The van der Waals surface area contributed by atoms with Gasteiger partial charge in [0.05, 0.1) is 4.99 Å². The zero-order valence-corrected chi connectivity index (χ0v) is 10.0. The molecular formula is C10H21N3S. The third-order valence-electron chi connectivity index (χ3n) is 3.01. The van der Waals surface area contributed by atoms with E-state index in [9.17, 15) is 0 Å². The van der Waals surface area contributed by atoms with Gasteiger partial charge in [0.15, 0.2) is 0 Å². The molecule has 0 spiro atoms. The minimum Gasteiger partial charge on any atom is -0.393 e. The topological polar surface area (TPSA) is 32.5 Å². The highest BCUT2D eigenvalue weighted by molar-refractivity contribution is 7.80. The van der Waals surface area contributed by atoms with Crippen molar-refractivity contribution in [3.63, 3.8) is 0 Å². The first kappa shape index (κ1) is 11.9. The van der Waals surface area contributed by atoms with Crippen LogP contribution in [-0.4, -0.2) is 54.1 Å². The van der Waals surface area contributed by atoms with E-state index in [1.807, 2.05) is 0 Å². The molecule has 4 heteroatoms. The quantitative estimate of drug-likeness (QED) is 0.699. The van der Waals surface area contributed by atoms with Gasteiger partial charge in [-0.25, -0.2) is 0 Å². The SMILES string of the molecule is CCC1CN(CCC(N)=S)CCN1C. The highest BCUT2D eigenvalue weighted by Crippen LogP contribution is 2.10. The average molecular weight is 215 g/mol. The van der Waals surface area contributed by atoms with Gasteiger partial charge in [-0.05, 0) is 13.5 Å². The van der Waals surface area contributed by atoms with Crippen LogP contribution >= 0.6 is 12.2 Å². The maximum atomic E-state index is 5.50. The number of nitrogens with two attached hydrogens (primary N) is 1. The minimum atomic E-state index is 0.636. The van der Waals surface area contributed by atoms with E-state index in [0.29, 0.717) is 11.0 Å². The van der Waals surface area contributed by atoms with Crippen molar-refractivity contribution < 1.29 is 0 Å². The van der Waals surface area contributed by atoms with Crippen LogP contribution in [0.4, 0.5) is 0 Å². The Balaban J connectivity index is 2.31. The van der Waals surface area contributed by atoms with Gasteiger partial charge in [-0.2, -0.15) is 0 Å². The zero-order chi connectivity index (χ0) is 10.6. The number of piperazine rings is 1. The third kappa shape index (κ3) is 3.52. The van der Waals surface area contributed by atoms with Crippen molar-refractivity contribution in [2.45, 2.75) is 25.8 Å². The summed E-state index contributed by atoms with van der Waals surface area (Å²) in [4.78, 5) is 5.54. The smallest absolute Gasteiger partial charge is 0.0740 e. The van der Waals surface area contributed by atoms with Crippen molar-refractivity contribution in [2.24, 2.45) is 5.73 Å². The van der Waals surface area contributed by atoms with Gasteiger partial charge < -0.3 is 15.5 Å². The van der Waals surface area contributed by atoms with Crippen molar-refractivity contribution in [3.05, 3.63) is 0 Å². The molecule has 2 N–H and O–H groups in total. The lowest BCUT2D eigenvalue weighted by atomic mass is 10.1. The van der Waals surface area contributed by atoms with Gasteiger partial charge in [0.25, 0.3) is 0 Å². The molecule has 0 aliphatic carbocycles. The molecule has 0 amide bonds. The predicted octanol–water partition coefficient (Wildman–Crippen LogP) is 0.689. The maximum Gasteiger partial charge on any atom is 0.0740 e. The fourth-order valence-electron chi connectivity index (χ4n) is 1.92. The van der Waals surface area contributed by atoms with Gasteiger partial charge in [-0.3, -0.25) is 0 Å². The van der Waals surface area contributed by atoms with E-state index in [-0.39, 0.29) is 0 Å². The fraction of sp³-hybridized carbons (Fsp3) is 0.900. The van der Waals surface area contributed by atoms with Crippen molar-refractivity contribution in [1.82, 2.24) is 9.80 Å². The van der Waals surface area contributed by atoms with Gasteiger partial charge in [-0.1, -0.05) is 19.1 Å². The van der Waals surface area contributed by atoms with Crippen LogP contribution in [0, 0.1) is 0 Å². The molecule has 0 aromatic rings. The third-order valence-corrected chi connectivity index (χ3v) is 3.21. The van der Waals surface area contributed by atoms with E-state index in [2.05, 4.69) is 23.8 Å². The Morgan fingerprint density at radius 3 is 2.79 bits per heavy atom. The van der Waals surface area contributed by atoms with Crippen LogP contribution in [0.5, 0.6) is 0 Å². The lowest BCUT2D eigenvalue weighted by Gasteiger charge is -2.39. The van der Waals surface area contributed by atoms with Crippen molar-refractivity contribution in [3.8, 4) is 0 Å². The average Bonchev–Trinajstić information content (AvgIpc) is 2.16. The summed E-state index contributed by atoms with van der Waals surface area (Å²) in [7, 11) is 2.21. The van der Waals surface area contributed by atoms with Crippen LogP contribution in [0.15, 0.2) is 0 Å². The van der Waals surface area contributed by atoms with E-state index in [1.165, 1.54) is 6.42 Å². The summed E-state index contributed by atoms with van der Waals surface area (Å²) < 4.78 is 0. The Hall–Kier alpha value is -0.190. The molecule has 1 aliphatic heterocycles. The summed E-state index contributed by atoms with van der Waals surface area (Å²) in [5.74, 6) is 0. The Kier molecular flexibility index (Phi) is 4.78. The molecule has 14 heavy (non-hydrogen) atoms. The molecule has 1 saturated heterocycles. The summed E-state index contributed by atoms with van der Waals surface area (Å²) in [5.41, 5.74) is 5.50. The minimum absolute atomic E-state index is 0.636. The molecule has 0 aromatic carbocycles. The van der Waals surface area contributed by atoms with Crippen LogP contribution < -0.4 is 5.73 Å². The molecule has 1 fully saturated rings. The number of hydrogen-bond acceptors (Lipinski definition) is 3. The van der Waals surface area contributed by atoms with Crippen LogP contribution in [-0.2, 0) is 0 Å². The Morgan fingerprint density at radius 1 is 1.50 bits per heavy atom. The number of hydrogen-bond donors (Lipinski definition) is 1. The lowest BCUT2D eigenvalue weighted by Crippen LogP contribution is -2.51. The normalized spacial score (nSPS) is 25.1. The van der Waals surface area contributed by atoms with Crippen molar-refractivity contribution >= 4 is 17.2 Å². The van der Waals surface area contributed by atoms with Crippen LogP contribution in [0.1, 0.15) is 19.8 Å². The molecule has 0 saturated carbocycles. The first-order valence-electron chi connectivity index (χ1n) is 5.34. The van der Waals surface area contributed by atoms with Crippen LogP contribution in [0.25, 0.3) is 0 Å². The molecule has 1 atom stereocenters. The maximum absolute atomic E-state index is 5.50. The number of likely N-dealkylation sites (N-methyl/N-ethyl adjacent to an activating group) is 1. The van der Waals surface area contributed by atoms with E-state index < -0.39 is 0 Å². The van der Waals surface area contributed by atoms with Crippen LogP contribution in [0.2, 0.25) is 0 Å². The summed E-state index contributed by atoms with van der Waals surface area (Å²) in [5, 5.41) is 0. The first-order valence-corrected chi connectivity index (χ1v) is 5.75. The standard InChI is InChI=1S/C10H21N3S/c1-3-9-8-13(5-4-10(11)14)7-6-12(9)2/h9H,3-8H2,1-2H3,(H2,11,14). The predicted molar refractivity (Wildman–Crippen MR) is 64.6 cm³/mol. The Bertz CT molecular complexity index is 196. The van der Waals surface area contributed by atoms with Gasteiger partial charge >= 0.3 is 0 Å². The molecule has 1 heterocycles. The Labute approximate surface area is 92.2 Å². The molecule has 82 valence electrons. The molecule has 0 bridgehead atoms. The molecule has 1 rings (SSSR count). The molecule has 1 aliphatic rings. The highest BCUT2D eigenvalue weighted by atomic mass is 32.1. The van der Waals surface area contributed by atoms with E-state index >= 15 is 0 Å². The first-order chi connectivity index (χ1) is 6.63. The number of thiocarbonyl (C=S) groups is 1. The van der Waals surface area contributed by atoms with Crippen molar-refractivity contribution in [2.75, 3.05) is 33.2 Å². The van der Waals surface area contributed by atoms with Gasteiger partial charge in [-0.15, -0.1) is 0 Å². The largest absolute Gasteiger partial charge is 0.393 e. The van der Waals surface area contributed by atoms with Gasteiger partial charge in [0.1, 0.15) is 0 Å². The summed E-state index contributed by atoms with van der Waals surface area (Å²) in [6.07, 6.45) is 2.08. The second-order valence-electron chi connectivity index (χ2n) is 4.06. The summed E-state index contributed by atoms with van der Waals surface area (Å²) in [6.45, 7) is 6.75. The summed E-state index contributed by atoms with van der Waals surface area (Å²) >= 11 is 4.89. The molecule has 0 radical (unpaired) electrons.